The topological polar surface area (TPSA) is 205 Å². The predicted octanol–water partition coefficient (Wildman–Crippen LogP) is 2.42. The number of aromatic hydroxyl groups is 2. The number of aromatic carboxylic acids is 1. The van der Waals surface area contributed by atoms with Crippen molar-refractivity contribution < 1.29 is 53.0 Å². The Hall–Kier alpha value is -5.20. The summed E-state index contributed by atoms with van der Waals surface area (Å²) in [5.41, 5.74) is -0.0743. The van der Waals surface area contributed by atoms with Gasteiger partial charge in [0.1, 0.15) is 23.2 Å². The second kappa shape index (κ2) is 14.6. The van der Waals surface area contributed by atoms with Gasteiger partial charge >= 0.3 is 25.1 Å². The fourth-order valence-corrected chi connectivity index (χ4v) is 6.81. The molecule has 2 unspecified atom stereocenters. The Morgan fingerprint density at radius 3 is 2.43 bits per heavy atom. The zero-order valence-corrected chi connectivity index (χ0v) is 27.5. The van der Waals surface area contributed by atoms with Gasteiger partial charge in [0.2, 0.25) is 5.91 Å². The van der Waals surface area contributed by atoms with Gasteiger partial charge in [-0.2, -0.15) is 0 Å². The summed E-state index contributed by atoms with van der Waals surface area (Å²) >= 11 is 6.20. The summed E-state index contributed by atoms with van der Waals surface area (Å²) in [4.78, 5) is 61.2. The van der Waals surface area contributed by atoms with Crippen LogP contribution in [0.25, 0.3) is 0 Å². The second-order valence-electron chi connectivity index (χ2n) is 12.4. The molecule has 6 rings (SSSR count). The van der Waals surface area contributed by atoms with Gasteiger partial charge in [0.25, 0.3) is 0 Å². The molecule has 0 radical (unpaired) electrons. The van der Waals surface area contributed by atoms with E-state index in [9.17, 15) is 48.3 Å². The first-order valence-electron chi connectivity index (χ1n) is 15.9. The summed E-state index contributed by atoms with van der Waals surface area (Å²) in [5, 5.41) is 44.3. The highest BCUT2D eigenvalue weighted by Gasteiger charge is 2.43. The molecular weight excluding hydrogens is 697 g/mol. The number of amides is 5. The van der Waals surface area contributed by atoms with Crippen molar-refractivity contribution in [3.05, 3.63) is 81.6 Å². The van der Waals surface area contributed by atoms with Crippen molar-refractivity contribution in [2.75, 3.05) is 26.2 Å². The highest BCUT2D eigenvalue weighted by molar-refractivity contribution is 6.47. The van der Waals surface area contributed by atoms with Crippen molar-refractivity contribution in [1.82, 2.24) is 30.3 Å². The van der Waals surface area contributed by atoms with Crippen LogP contribution >= 0.6 is 11.6 Å². The fraction of sp³-hybridized carbons (Fsp3) is 0.344. The van der Waals surface area contributed by atoms with E-state index in [-0.39, 0.29) is 31.1 Å². The van der Waals surface area contributed by atoms with Crippen LogP contribution in [0.2, 0.25) is 5.02 Å². The minimum Gasteiger partial charge on any atom is -0.534 e. The van der Waals surface area contributed by atoms with Crippen molar-refractivity contribution in [3.63, 3.8) is 0 Å². The molecule has 2 fully saturated rings. The largest absolute Gasteiger partial charge is 0.547 e. The van der Waals surface area contributed by atoms with Crippen LogP contribution in [0.4, 0.5) is 18.4 Å². The minimum atomic E-state index is -1.90. The number of carboxylic acids is 1. The number of phenols is 2. The average Bonchev–Trinajstić information content (AvgIpc) is 3.50. The SMILES string of the molecule is O=C(O)c1c(F)ccc2c1OB(O)C(NC(=O)C(NC(=O)N1CCN(C3CCN(Cc4ccncc4)CC3)C1=O)c1cc(F)c(O)c(O)c1Cl)C2. The number of halogens is 3. The molecular formula is C32H32BClF2N6O9. The molecule has 1 aromatic heterocycles. The Labute approximate surface area is 294 Å². The van der Waals surface area contributed by atoms with Crippen molar-refractivity contribution in [2.45, 2.75) is 43.8 Å². The van der Waals surface area contributed by atoms with Crippen LogP contribution in [0.5, 0.6) is 17.2 Å². The number of benzene rings is 2. The summed E-state index contributed by atoms with van der Waals surface area (Å²) in [6, 6.07) is 2.87. The number of hydrogen-bond donors (Lipinski definition) is 6. The number of pyridine rings is 1. The number of carbonyl (C=O) groups excluding carboxylic acids is 3. The molecule has 3 aliphatic rings. The third kappa shape index (κ3) is 7.20. The van der Waals surface area contributed by atoms with Gasteiger partial charge in [-0.3, -0.25) is 14.7 Å². The molecule has 4 heterocycles. The molecule has 3 aliphatic heterocycles. The van der Waals surface area contributed by atoms with Gasteiger partial charge in [0.15, 0.2) is 17.3 Å². The van der Waals surface area contributed by atoms with Gasteiger partial charge in [0.05, 0.1) is 11.0 Å². The zero-order valence-electron chi connectivity index (χ0n) is 26.8. The van der Waals surface area contributed by atoms with Crippen molar-refractivity contribution in [1.29, 1.82) is 0 Å². The van der Waals surface area contributed by atoms with Crippen LogP contribution in [0, 0.1) is 11.6 Å². The van der Waals surface area contributed by atoms with Crippen LogP contribution in [0.15, 0.2) is 42.7 Å². The lowest BCUT2D eigenvalue weighted by Gasteiger charge is -2.36. The molecule has 51 heavy (non-hydrogen) atoms. The number of imide groups is 1. The van der Waals surface area contributed by atoms with E-state index in [1.165, 1.54) is 6.07 Å². The van der Waals surface area contributed by atoms with Gasteiger partial charge < -0.3 is 40.5 Å². The lowest BCUT2D eigenvalue weighted by molar-refractivity contribution is -0.123. The normalized spacial score (nSPS) is 18.6. The van der Waals surface area contributed by atoms with E-state index in [0.717, 1.165) is 23.1 Å². The fourth-order valence-electron chi connectivity index (χ4n) is 6.56. The van der Waals surface area contributed by atoms with Crippen molar-refractivity contribution >= 4 is 42.7 Å². The quantitative estimate of drug-likeness (QED) is 0.147. The maximum absolute atomic E-state index is 14.6. The number of phenolic OH excluding ortho intramolecular Hbond substituents is 2. The summed E-state index contributed by atoms with van der Waals surface area (Å²) in [6.07, 6.45) is 4.51. The van der Waals surface area contributed by atoms with E-state index in [2.05, 4.69) is 20.5 Å². The van der Waals surface area contributed by atoms with E-state index < -0.39 is 88.1 Å². The number of rotatable bonds is 8. The number of nitrogens with zero attached hydrogens (tertiary/aromatic N) is 4. The predicted molar refractivity (Wildman–Crippen MR) is 175 cm³/mol. The van der Waals surface area contributed by atoms with E-state index >= 15 is 0 Å². The molecule has 19 heteroatoms. The lowest BCUT2D eigenvalue weighted by Crippen LogP contribution is -2.56. The van der Waals surface area contributed by atoms with Crippen LogP contribution in [0.1, 0.15) is 45.9 Å². The highest BCUT2D eigenvalue weighted by atomic mass is 35.5. The number of hydrogen-bond acceptors (Lipinski definition) is 10. The molecule has 0 aliphatic carbocycles. The number of urea groups is 2. The van der Waals surface area contributed by atoms with Crippen molar-refractivity contribution in [3.8, 4) is 17.2 Å². The van der Waals surface area contributed by atoms with E-state index in [1.807, 2.05) is 12.1 Å². The van der Waals surface area contributed by atoms with Crippen molar-refractivity contribution in [2.24, 2.45) is 0 Å². The van der Waals surface area contributed by atoms with E-state index in [1.54, 1.807) is 17.3 Å². The first kappa shape index (κ1) is 35.6. The number of aromatic nitrogens is 1. The van der Waals surface area contributed by atoms with Gasteiger partial charge in [-0.15, -0.1) is 0 Å². The summed E-state index contributed by atoms with van der Waals surface area (Å²) in [6.45, 7) is 2.35. The van der Waals surface area contributed by atoms with Gasteiger partial charge in [-0.05, 0) is 54.7 Å². The van der Waals surface area contributed by atoms with Crippen LogP contribution in [0.3, 0.4) is 0 Å². The second-order valence-corrected chi connectivity index (χ2v) is 12.8. The average molecular weight is 729 g/mol. The number of nitrogens with one attached hydrogen (secondary N) is 2. The van der Waals surface area contributed by atoms with Gasteiger partial charge in [0, 0.05) is 56.7 Å². The molecule has 6 N–H and O–H groups in total. The maximum Gasteiger partial charge on any atom is 0.547 e. The van der Waals surface area contributed by atoms with E-state index in [4.69, 9.17) is 16.3 Å². The van der Waals surface area contributed by atoms with E-state index in [0.29, 0.717) is 32.0 Å². The summed E-state index contributed by atoms with van der Waals surface area (Å²) in [5.74, 6) is -9.31. The maximum atomic E-state index is 14.6. The summed E-state index contributed by atoms with van der Waals surface area (Å²) in [7, 11) is -1.90. The Morgan fingerprint density at radius 1 is 1.04 bits per heavy atom. The highest BCUT2D eigenvalue weighted by Crippen LogP contribution is 2.41. The number of piperidine rings is 1. The Morgan fingerprint density at radius 2 is 1.75 bits per heavy atom. The third-order valence-electron chi connectivity index (χ3n) is 9.23. The molecule has 15 nitrogen and oxygen atoms in total. The number of likely N-dealkylation sites (tertiary alicyclic amines) is 1. The Balaban J connectivity index is 1.17. The standard InChI is InChI=1S/C32H32BClF2N6O9/c34-24-19(14-21(36)26(43)27(24)44)25(29(45)38-22-13-17-1-2-20(35)23(30(46)47)28(17)51-33(22)50)39-31(48)42-12-11-41(32(42)49)18-5-9-40(10-6-18)15-16-3-7-37-8-4-16/h1-4,7-8,14,18,22,25,43-44,50H,5-6,9-13,15H2,(H,38,45)(H,39,48)(H,46,47). The minimum absolute atomic E-state index is 0.0341. The zero-order chi connectivity index (χ0) is 36.6. The Kier molecular flexibility index (Phi) is 10.2. The first-order chi connectivity index (χ1) is 24.3. The third-order valence-corrected chi connectivity index (χ3v) is 9.62. The molecule has 2 saturated heterocycles. The number of carbonyl (C=O) groups is 4. The van der Waals surface area contributed by atoms with Gasteiger partial charge in [-0.1, -0.05) is 17.7 Å². The first-order valence-corrected chi connectivity index (χ1v) is 16.3. The molecule has 0 bridgehead atoms. The van der Waals surface area contributed by atoms with Crippen LogP contribution in [-0.4, -0.2) is 109 Å². The smallest absolute Gasteiger partial charge is 0.534 e. The molecule has 0 spiro atoms. The molecule has 268 valence electrons. The molecule has 0 saturated carbocycles. The monoisotopic (exact) mass is 728 g/mol. The van der Waals surface area contributed by atoms with Crippen LogP contribution < -0.4 is 15.3 Å². The molecule has 3 aromatic rings. The number of carboxylic acid groups (broad SMARTS) is 1. The summed E-state index contributed by atoms with van der Waals surface area (Å²) < 4.78 is 34.1. The Bertz CT molecular complexity index is 1870. The molecule has 2 atom stereocenters. The van der Waals surface area contributed by atoms with Gasteiger partial charge in [-0.25, -0.2) is 28.1 Å². The number of fused-ring (bicyclic) bond motifs is 1. The lowest BCUT2D eigenvalue weighted by atomic mass is 9.72. The molecule has 2 aromatic carbocycles. The molecule has 5 amide bonds. The van der Waals surface area contributed by atoms with Crippen LogP contribution in [-0.2, 0) is 17.8 Å².